The molecular formula is C10H20N2O2. The molecule has 0 bridgehead atoms. The molecule has 1 rings (SSSR count). The molecule has 0 aromatic carbocycles. The molecule has 0 amide bonds. The van der Waals surface area contributed by atoms with Crippen LogP contribution in [-0.2, 0) is 4.79 Å². The van der Waals surface area contributed by atoms with Crippen LogP contribution in [0.25, 0.3) is 0 Å². The van der Waals surface area contributed by atoms with E-state index in [-0.39, 0.29) is 6.04 Å². The number of nitrogens with zero attached hydrogens (tertiary/aromatic N) is 1. The third-order valence-electron chi connectivity index (χ3n) is 2.63. The van der Waals surface area contributed by atoms with Gasteiger partial charge in [-0.15, -0.1) is 0 Å². The molecule has 14 heavy (non-hydrogen) atoms. The summed E-state index contributed by atoms with van der Waals surface area (Å²) in [6.07, 6.45) is 1.07. The molecule has 2 N–H and O–H groups in total. The Morgan fingerprint density at radius 3 is 2.93 bits per heavy atom. The van der Waals surface area contributed by atoms with Gasteiger partial charge in [-0.3, -0.25) is 9.69 Å². The topological polar surface area (TPSA) is 52.6 Å². The van der Waals surface area contributed by atoms with E-state index < -0.39 is 5.97 Å². The van der Waals surface area contributed by atoms with Crippen LogP contribution < -0.4 is 5.32 Å². The minimum Gasteiger partial charge on any atom is -0.480 e. The van der Waals surface area contributed by atoms with Gasteiger partial charge in [-0.1, -0.05) is 13.8 Å². The van der Waals surface area contributed by atoms with Crippen LogP contribution in [0.1, 0.15) is 20.3 Å². The Labute approximate surface area is 85.3 Å². The Morgan fingerprint density at radius 1 is 1.64 bits per heavy atom. The highest BCUT2D eigenvalue weighted by Crippen LogP contribution is 2.08. The minimum absolute atomic E-state index is 0.331. The summed E-state index contributed by atoms with van der Waals surface area (Å²) in [6, 6.07) is -0.331. The summed E-state index contributed by atoms with van der Waals surface area (Å²) in [5.41, 5.74) is 0. The summed E-state index contributed by atoms with van der Waals surface area (Å²) >= 11 is 0. The Bertz CT molecular complexity index is 195. The molecule has 1 atom stereocenters. The number of rotatable bonds is 4. The van der Waals surface area contributed by atoms with Crippen molar-refractivity contribution in [3.63, 3.8) is 0 Å². The van der Waals surface area contributed by atoms with E-state index in [2.05, 4.69) is 24.1 Å². The summed E-state index contributed by atoms with van der Waals surface area (Å²) in [4.78, 5) is 13.0. The molecule has 0 saturated carbocycles. The van der Waals surface area contributed by atoms with E-state index >= 15 is 0 Å². The highest BCUT2D eigenvalue weighted by atomic mass is 16.4. The van der Waals surface area contributed by atoms with E-state index in [1.165, 1.54) is 0 Å². The molecular weight excluding hydrogens is 180 g/mol. The average molecular weight is 200 g/mol. The van der Waals surface area contributed by atoms with Gasteiger partial charge in [0.05, 0.1) is 0 Å². The quantitative estimate of drug-likeness (QED) is 0.689. The first kappa shape index (κ1) is 11.5. The van der Waals surface area contributed by atoms with E-state index in [1.807, 2.05) is 0 Å². The monoisotopic (exact) mass is 200 g/mol. The lowest BCUT2D eigenvalue weighted by atomic mass is 10.1. The summed E-state index contributed by atoms with van der Waals surface area (Å²) in [5.74, 6) is -0.0692. The van der Waals surface area contributed by atoms with Gasteiger partial charge in [0.1, 0.15) is 6.04 Å². The Kier molecular flexibility index (Phi) is 4.35. The number of carbonyl (C=O) groups is 1. The predicted octanol–water partition coefficient (Wildman–Crippen LogP) is 0.391. The lowest BCUT2D eigenvalue weighted by Gasteiger charge is -2.33. The van der Waals surface area contributed by atoms with E-state index in [0.717, 1.165) is 26.1 Å². The van der Waals surface area contributed by atoms with Gasteiger partial charge in [0, 0.05) is 19.6 Å². The molecule has 0 spiro atoms. The van der Waals surface area contributed by atoms with Crippen molar-refractivity contribution in [3.8, 4) is 0 Å². The van der Waals surface area contributed by atoms with Crippen molar-refractivity contribution >= 4 is 5.97 Å². The number of hydrogen-bond acceptors (Lipinski definition) is 3. The van der Waals surface area contributed by atoms with Crippen LogP contribution in [0.3, 0.4) is 0 Å². The molecule has 1 aliphatic heterocycles. The van der Waals surface area contributed by atoms with Crippen molar-refractivity contribution in [1.29, 1.82) is 0 Å². The van der Waals surface area contributed by atoms with Crippen molar-refractivity contribution in [2.75, 3.05) is 26.2 Å². The summed E-state index contributed by atoms with van der Waals surface area (Å²) in [7, 11) is 0. The number of carboxylic acid groups (broad SMARTS) is 1. The third-order valence-corrected chi connectivity index (χ3v) is 2.63. The molecule has 1 heterocycles. The number of carboxylic acids is 1. The molecule has 1 unspecified atom stereocenters. The van der Waals surface area contributed by atoms with Crippen LogP contribution in [0.15, 0.2) is 0 Å². The first-order valence-corrected chi connectivity index (χ1v) is 5.29. The largest absolute Gasteiger partial charge is 0.480 e. The fourth-order valence-electron chi connectivity index (χ4n) is 1.68. The molecule has 0 radical (unpaired) electrons. The molecule has 0 aliphatic carbocycles. The van der Waals surface area contributed by atoms with E-state index in [4.69, 9.17) is 5.11 Å². The number of piperazine rings is 1. The average Bonchev–Trinajstić information content (AvgIpc) is 2.15. The maximum Gasteiger partial charge on any atom is 0.322 e. The summed E-state index contributed by atoms with van der Waals surface area (Å²) in [5, 5.41) is 12.1. The highest BCUT2D eigenvalue weighted by molar-refractivity contribution is 5.73. The molecule has 82 valence electrons. The van der Waals surface area contributed by atoms with Crippen molar-refractivity contribution < 1.29 is 9.90 Å². The maximum atomic E-state index is 10.9. The predicted molar refractivity (Wildman–Crippen MR) is 55.3 cm³/mol. The molecule has 4 heteroatoms. The van der Waals surface area contributed by atoms with E-state index in [1.54, 1.807) is 0 Å². The van der Waals surface area contributed by atoms with Crippen molar-refractivity contribution in [1.82, 2.24) is 10.2 Å². The number of nitrogens with one attached hydrogen (secondary N) is 1. The van der Waals surface area contributed by atoms with Gasteiger partial charge in [-0.2, -0.15) is 0 Å². The summed E-state index contributed by atoms with van der Waals surface area (Å²) in [6.45, 7) is 7.56. The van der Waals surface area contributed by atoms with Crippen LogP contribution in [0, 0.1) is 5.92 Å². The smallest absolute Gasteiger partial charge is 0.322 e. The Morgan fingerprint density at radius 2 is 2.36 bits per heavy atom. The maximum absolute atomic E-state index is 10.9. The molecule has 4 nitrogen and oxygen atoms in total. The van der Waals surface area contributed by atoms with Gasteiger partial charge in [0.2, 0.25) is 0 Å². The zero-order valence-electron chi connectivity index (χ0n) is 8.99. The normalized spacial score (nSPS) is 24.1. The van der Waals surface area contributed by atoms with Crippen LogP contribution in [0.5, 0.6) is 0 Å². The number of hydrogen-bond donors (Lipinski definition) is 2. The van der Waals surface area contributed by atoms with Crippen LogP contribution >= 0.6 is 0 Å². The second-order valence-corrected chi connectivity index (χ2v) is 4.28. The van der Waals surface area contributed by atoms with Gasteiger partial charge in [0.25, 0.3) is 0 Å². The number of aliphatic carboxylic acids is 1. The Hall–Kier alpha value is -0.610. The second-order valence-electron chi connectivity index (χ2n) is 4.28. The van der Waals surface area contributed by atoms with Crippen molar-refractivity contribution in [2.24, 2.45) is 5.92 Å². The molecule has 1 saturated heterocycles. The molecule has 1 aliphatic rings. The second kappa shape index (κ2) is 5.32. The fraction of sp³-hybridized carbons (Fsp3) is 0.900. The third kappa shape index (κ3) is 3.27. The SMILES string of the molecule is CC(C)CCN1CCNCC1C(=O)O. The first-order valence-electron chi connectivity index (χ1n) is 5.29. The minimum atomic E-state index is -0.707. The standard InChI is InChI=1S/C10H20N2O2/c1-8(2)3-5-12-6-4-11-7-9(12)10(13)14/h8-9,11H,3-7H2,1-2H3,(H,13,14). The van der Waals surface area contributed by atoms with Crippen LogP contribution in [-0.4, -0.2) is 48.2 Å². The van der Waals surface area contributed by atoms with Crippen LogP contribution in [0.2, 0.25) is 0 Å². The molecule has 0 aromatic heterocycles. The van der Waals surface area contributed by atoms with Crippen molar-refractivity contribution in [3.05, 3.63) is 0 Å². The zero-order chi connectivity index (χ0) is 10.6. The van der Waals surface area contributed by atoms with Gasteiger partial charge in [-0.05, 0) is 18.9 Å². The van der Waals surface area contributed by atoms with Gasteiger partial charge in [0.15, 0.2) is 0 Å². The van der Waals surface area contributed by atoms with Crippen LogP contribution in [0.4, 0.5) is 0 Å². The zero-order valence-corrected chi connectivity index (χ0v) is 8.99. The highest BCUT2D eigenvalue weighted by Gasteiger charge is 2.27. The van der Waals surface area contributed by atoms with E-state index in [0.29, 0.717) is 12.5 Å². The van der Waals surface area contributed by atoms with E-state index in [9.17, 15) is 4.79 Å². The van der Waals surface area contributed by atoms with Gasteiger partial charge in [-0.25, -0.2) is 0 Å². The molecule has 0 aromatic rings. The van der Waals surface area contributed by atoms with Gasteiger partial charge < -0.3 is 10.4 Å². The first-order chi connectivity index (χ1) is 6.61. The molecule has 1 fully saturated rings. The van der Waals surface area contributed by atoms with Crippen molar-refractivity contribution in [2.45, 2.75) is 26.3 Å². The Balaban J connectivity index is 2.42. The lowest BCUT2D eigenvalue weighted by molar-refractivity contribution is -0.144. The fourth-order valence-corrected chi connectivity index (χ4v) is 1.68. The van der Waals surface area contributed by atoms with Gasteiger partial charge >= 0.3 is 5.97 Å². The lowest BCUT2D eigenvalue weighted by Crippen LogP contribution is -2.55. The summed E-state index contributed by atoms with van der Waals surface area (Å²) < 4.78 is 0.